The maximum Gasteiger partial charge on any atom is 0.199 e. The molecule has 2 aromatic heterocycles. The van der Waals surface area contributed by atoms with E-state index < -0.39 is 0 Å². The summed E-state index contributed by atoms with van der Waals surface area (Å²) in [5.41, 5.74) is 1.52. The molecule has 6 heteroatoms. The Morgan fingerprint density at radius 1 is 1.26 bits per heavy atom. The summed E-state index contributed by atoms with van der Waals surface area (Å²) in [6, 6.07) is 2.82. The number of thiophene rings is 1. The second-order valence-electron chi connectivity index (χ2n) is 6.59. The third-order valence-corrected chi connectivity index (χ3v) is 6.62. The van der Waals surface area contributed by atoms with Gasteiger partial charge in [0.25, 0.3) is 0 Å². The van der Waals surface area contributed by atoms with Gasteiger partial charge in [-0.05, 0) is 54.9 Å². The number of hydrogen-bond acceptors (Lipinski definition) is 4. The van der Waals surface area contributed by atoms with Gasteiger partial charge >= 0.3 is 0 Å². The zero-order valence-electron chi connectivity index (χ0n) is 13.7. The van der Waals surface area contributed by atoms with Gasteiger partial charge in [0.15, 0.2) is 4.77 Å². The first-order chi connectivity index (χ1) is 11.3. The van der Waals surface area contributed by atoms with Gasteiger partial charge in [-0.25, -0.2) is 4.68 Å². The molecule has 2 aliphatic heterocycles. The Morgan fingerprint density at radius 3 is 3.04 bits per heavy atom. The molecule has 0 fully saturated rings. The Morgan fingerprint density at radius 2 is 2.17 bits per heavy atom. The van der Waals surface area contributed by atoms with E-state index in [1.807, 2.05) is 11.3 Å². The van der Waals surface area contributed by atoms with Crippen molar-refractivity contribution in [3.05, 3.63) is 32.5 Å². The van der Waals surface area contributed by atoms with Gasteiger partial charge in [-0.15, -0.1) is 11.3 Å². The lowest BCUT2D eigenvalue weighted by atomic mass is 9.98. The molecule has 2 aromatic rings. The molecule has 0 amide bonds. The molecule has 0 aromatic carbocycles. The van der Waals surface area contributed by atoms with Crippen molar-refractivity contribution in [2.75, 3.05) is 6.54 Å². The molecule has 0 bridgehead atoms. The van der Waals surface area contributed by atoms with Gasteiger partial charge in [0.2, 0.25) is 0 Å². The normalized spacial score (nSPS) is 21.7. The van der Waals surface area contributed by atoms with E-state index in [9.17, 15) is 0 Å². The second-order valence-corrected chi connectivity index (χ2v) is 7.95. The van der Waals surface area contributed by atoms with E-state index in [0.29, 0.717) is 6.04 Å². The van der Waals surface area contributed by atoms with Gasteiger partial charge in [0.1, 0.15) is 5.82 Å². The van der Waals surface area contributed by atoms with Gasteiger partial charge in [-0.1, -0.05) is 13.3 Å². The van der Waals surface area contributed by atoms with E-state index in [4.69, 9.17) is 17.3 Å². The monoisotopic (exact) mass is 348 g/mol. The first-order valence-corrected chi connectivity index (χ1v) is 10.0. The first kappa shape index (κ1) is 15.5. The average Bonchev–Trinajstić information content (AvgIpc) is 3.06. The summed E-state index contributed by atoms with van der Waals surface area (Å²) in [5.74, 6) is 1.19. The molecule has 0 unspecified atom stereocenters. The van der Waals surface area contributed by atoms with Gasteiger partial charge in [0, 0.05) is 30.4 Å². The van der Waals surface area contributed by atoms with Crippen molar-refractivity contribution in [2.24, 2.45) is 0 Å². The smallest absolute Gasteiger partial charge is 0.199 e. The van der Waals surface area contributed by atoms with Crippen molar-refractivity contribution >= 4 is 23.6 Å². The van der Waals surface area contributed by atoms with Crippen LogP contribution < -0.4 is 0 Å². The molecule has 0 N–H and O–H groups in total. The van der Waals surface area contributed by atoms with Crippen molar-refractivity contribution in [1.29, 1.82) is 0 Å². The minimum absolute atomic E-state index is 0.508. The lowest BCUT2D eigenvalue weighted by Crippen LogP contribution is -2.36. The van der Waals surface area contributed by atoms with Crippen molar-refractivity contribution < 1.29 is 0 Å². The van der Waals surface area contributed by atoms with Gasteiger partial charge in [-0.2, -0.15) is 5.10 Å². The molecule has 0 saturated carbocycles. The molecule has 2 aliphatic rings. The van der Waals surface area contributed by atoms with Crippen LogP contribution in [0.15, 0.2) is 11.4 Å². The van der Waals surface area contributed by atoms with Crippen LogP contribution in [0.3, 0.4) is 0 Å². The van der Waals surface area contributed by atoms with Crippen LogP contribution in [-0.4, -0.2) is 25.8 Å². The summed E-state index contributed by atoms with van der Waals surface area (Å²) >= 11 is 7.62. The Bertz CT molecular complexity index is 742. The van der Waals surface area contributed by atoms with E-state index in [1.54, 1.807) is 4.88 Å². The van der Waals surface area contributed by atoms with Crippen molar-refractivity contribution in [3.63, 3.8) is 0 Å². The fourth-order valence-electron chi connectivity index (χ4n) is 3.99. The predicted octanol–water partition coefficient (Wildman–Crippen LogP) is 4.17. The molecule has 0 aliphatic carbocycles. The number of hydrogen-bond donors (Lipinski definition) is 0. The molecule has 0 radical (unpaired) electrons. The highest BCUT2D eigenvalue weighted by Crippen LogP contribution is 2.35. The Hall–Kier alpha value is -0.980. The zero-order valence-corrected chi connectivity index (χ0v) is 15.3. The molecule has 23 heavy (non-hydrogen) atoms. The Balaban J connectivity index is 1.60. The highest BCUT2D eigenvalue weighted by molar-refractivity contribution is 7.71. The molecular formula is C17H24N4S2. The van der Waals surface area contributed by atoms with Crippen molar-refractivity contribution in [3.8, 4) is 0 Å². The third kappa shape index (κ3) is 2.81. The Labute approximate surface area is 146 Å². The number of fused-ring (bicyclic) bond motifs is 2. The van der Waals surface area contributed by atoms with Crippen molar-refractivity contribution in [1.82, 2.24) is 19.2 Å². The van der Waals surface area contributed by atoms with Crippen LogP contribution in [-0.2, 0) is 26.1 Å². The highest BCUT2D eigenvalue weighted by atomic mass is 32.1. The number of aromatic nitrogens is 3. The number of nitrogens with zero attached hydrogens (tertiary/aromatic N) is 4. The lowest BCUT2D eigenvalue weighted by molar-refractivity contribution is 0.129. The first-order valence-electron chi connectivity index (χ1n) is 8.74. The Kier molecular flexibility index (Phi) is 4.39. The molecule has 4 nitrogen and oxygen atoms in total. The molecule has 0 spiro atoms. The van der Waals surface area contributed by atoms with Crippen LogP contribution in [0.5, 0.6) is 0 Å². The predicted molar refractivity (Wildman–Crippen MR) is 96.4 cm³/mol. The number of rotatable bonds is 3. The van der Waals surface area contributed by atoms with E-state index in [2.05, 4.69) is 32.5 Å². The second kappa shape index (κ2) is 6.49. The zero-order chi connectivity index (χ0) is 15.8. The molecule has 4 rings (SSSR count). The fourth-order valence-corrected chi connectivity index (χ4v) is 5.21. The molecular weight excluding hydrogens is 324 g/mol. The van der Waals surface area contributed by atoms with E-state index in [-0.39, 0.29) is 0 Å². The highest BCUT2D eigenvalue weighted by Gasteiger charge is 2.27. The standard InChI is InChI=1S/C17H24N4S2/c1-2-14-13-8-11-23-15(13)7-10-19(14)12-21-17(22)20-9-5-3-4-6-16(20)18-21/h8,11,14H,2-7,9-10,12H2,1H3/t14-/m0/s1. The van der Waals surface area contributed by atoms with Crippen LogP contribution >= 0.6 is 23.6 Å². The van der Waals surface area contributed by atoms with E-state index in [0.717, 1.165) is 43.8 Å². The maximum atomic E-state index is 5.72. The van der Waals surface area contributed by atoms with Crippen LogP contribution in [0.25, 0.3) is 0 Å². The van der Waals surface area contributed by atoms with Gasteiger partial charge in [-0.3, -0.25) is 4.90 Å². The fraction of sp³-hybridized carbons (Fsp3) is 0.647. The maximum absolute atomic E-state index is 5.72. The molecule has 1 atom stereocenters. The quantitative estimate of drug-likeness (QED) is 0.779. The van der Waals surface area contributed by atoms with Crippen molar-refractivity contribution in [2.45, 2.75) is 64.7 Å². The third-order valence-electron chi connectivity index (χ3n) is 5.19. The van der Waals surface area contributed by atoms with Crippen LogP contribution in [0.2, 0.25) is 0 Å². The molecule has 124 valence electrons. The van der Waals surface area contributed by atoms with E-state index in [1.165, 1.54) is 30.7 Å². The summed E-state index contributed by atoms with van der Waals surface area (Å²) in [7, 11) is 0. The van der Waals surface area contributed by atoms with Gasteiger partial charge < -0.3 is 4.57 Å². The lowest BCUT2D eigenvalue weighted by Gasteiger charge is -2.35. The van der Waals surface area contributed by atoms with Crippen LogP contribution in [0, 0.1) is 4.77 Å². The summed E-state index contributed by atoms with van der Waals surface area (Å²) < 4.78 is 5.24. The van der Waals surface area contributed by atoms with Gasteiger partial charge in [0.05, 0.1) is 6.67 Å². The average molecular weight is 349 g/mol. The topological polar surface area (TPSA) is 26.0 Å². The summed E-state index contributed by atoms with van der Waals surface area (Å²) in [4.78, 5) is 4.12. The SMILES string of the molecule is CC[C@H]1c2ccsc2CCN1Cn1nc2n(c1=S)CCCCC2. The minimum Gasteiger partial charge on any atom is -0.304 e. The summed E-state index contributed by atoms with van der Waals surface area (Å²) in [6.07, 6.45) is 7.14. The molecule has 4 heterocycles. The molecule has 0 saturated heterocycles. The summed E-state index contributed by atoms with van der Waals surface area (Å²) in [6.45, 7) is 5.26. The number of aryl methyl sites for hydroxylation is 1. The van der Waals surface area contributed by atoms with Crippen LogP contribution in [0.1, 0.15) is 54.9 Å². The largest absolute Gasteiger partial charge is 0.304 e. The minimum atomic E-state index is 0.508. The summed E-state index contributed by atoms with van der Waals surface area (Å²) in [5, 5.41) is 7.09. The van der Waals surface area contributed by atoms with E-state index >= 15 is 0 Å². The van der Waals surface area contributed by atoms with Crippen LogP contribution in [0.4, 0.5) is 0 Å².